The molecule has 0 saturated heterocycles. The second kappa shape index (κ2) is 4.39. The van der Waals surface area contributed by atoms with Gasteiger partial charge >= 0.3 is 0 Å². The molecule has 0 unspecified atom stereocenters. The van der Waals surface area contributed by atoms with Crippen molar-refractivity contribution in [3.63, 3.8) is 0 Å². The molecular formula is C8H10ClN3S. The highest BCUT2D eigenvalue weighted by Gasteiger charge is 1.99. The second-order valence-corrected chi connectivity index (χ2v) is 3.34. The molecule has 0 aromatic carbocycles. The molecule has 2 N–H and O–H groups in total. The van der Waals surface area contributed by atoms with Gasteiger partial charge in [-0.15, -0.1) is 0 Å². The summed E-state index contributed by atoms with van der Waals surface area (Å²) >= 11 is 10.7. The van der Waals surface area contributed by atoms with Crippen LogP contribution in [0.25, 0.3) is 0 Å². The first-order valence-corrected chi connectivity index (χ1v) is 4.53. The summed E-state index contributed by atoms with van der Waals surface area (Å²) in [5.74, 6) is 0.696. The monoisotopic (exact) mass is 215 g/mol. The Morgan fingerprint density at radius 1 is 1.62 bits per heavy atom. The van der Waals surface area contributed by atoms with E-state index in [0.717, 1.165) is 5.56 Å². The van der Waals surface area contributed by atoms with Gasteiger partial charge in [-0.1, -0.05) is 11.6 Å². The third-order valence-electron chi connectivity index (χ3n) is 1.52. The van der Waals surface area contributed by atoms with Crippen molar-refractivity contribution in [2.45, 2.75) is 6.92 Å². The minimum absolute atomic E-state index is 0.536. The molecule has 1 heterocycles. The zero-order valence-corrected chi connectivity index (χ0v) is 8.96. The summed E-state index contributed by atoms with van der Waals surface area (Å²) in [4.78, 5) is 4.06. The standard InChI is InChI=1S/C8H10ClN3S/c1-5-3-7(11-4-6(5)9)12-8(13)10-2/h3-4H,1-2H3,(H2,10,11,12,13). The molecule has 0 fully saturated rings. The van der Waals surface area contributed by atoms with Gasteiger partial charge in [-0.05, 0) is 30.8 Å². The normalized spacial score (nSPS) is 9.46. The molecule has 0 aliphatic carbocycles. The molecule has 1 rings (SSSR count). The third kappa shape index (κ3) is 2.82. The van der Waals surface area contributed by atoms with Crippen molar-refractivity contribution in [2.75, 3.05) is 12.4 Å². The van der Waals surface area contributed by atoms with Crippen molar-refractivity contribution in [1.82, 2.24) is 10.3 Å². The van der Waals surface area contributed by atoms with Crippen molar-refractivity contribution in [2.24, 2.45) is 0 Å². The molecule has 3 nitrogen and oxygen atoms in total. The number of aromatic nitrogens is 1. The number of pyridine rings is 1. The molecule has 70 valence electrons. The quantitative estimate of drug-likeness (QED) is 0.703. The number of hydrogen-bond donors (Lipinski definition) is 2. The molecule has 0 bridgehead atoms. The lowest BCUT2D eigenvalue weighted by Crippen LogP contribution is -2.24. The van der Waals surface area contributed by atoms with E-state index >= 15 is 0 Å². The second-order valence-electron chi connectivity index (χ2n) is 2.52. The predicted octanol–water partition coefficient (Wildman–Crippen LogP) is 1.96. The number of thiocarbonyl (C=S) groups is 1. The first-order chi connectivity index (χ1) is 6.13. The van der Waals surface area contributed by atoms with Crippen molar-refractivity contribution in [1.29, 1.82) is 0 Å². The summed E-state index contributed by atoms with van der Waals surface area (Å²) in [6.45, 7) is 1.91. The summed E-state index contributed by atoms with van der Waals surface area (Å²) in [6.07, 6.45) is 1.59. The Morgan fingerprint density at radius 2 is 2.31 bits per heavy atom. The van der Waals surface area contributed by atoms with Crippen LogP contribution in [-0.4, -0.2) is 17.1 Å². The van der Waals surface area contributed by atoms with Gasteiger partial charge in [-0.25, -0.2) is 4.98 Å². The minimum atomic E-state index is 0.536. The maximum absolute atomic E-state index is 5.81. The fourth-order valence-electron chi connectivity index (χ4n) is 0.787. The topological polar surface area (TPSA) is 37.0 Å². The Kier molecular flexibility index (Phi) is 3.45. The number of aryl methyl sites for hydroxylation is 1. The first-order valence-electron chi connectivity index (χ1n) is 3.74. The van der Waals surface area contributed by atoms with Gasteiger partial charge < -0.3 is 10.6 Å². The molecule has 0 radical (unpaired) electrons. The van der Waals surface area contributed by atoms with Crippen LogP contribution in [0.3, 0.4) is 0 Å². The molecule has 5 heteroatoms. The van der Waals surface area contributed by atoms with Gasteiger partial charge in [0.2, 0.25) is 0 Å². The van der Waals surface area contributed by atoms with Crippen LogP contribution in [0, 0.1) is 6.92 Å². The highest BCUT2D eigenvalue weighted by molar-refractivity contribution is 7.80. The Balaban J connectivity index is 2.79. The smallest absolute Gasteiger partial charge is 0.171 e. The van der Waals surface area contributed by atoms with Crippen molar-refractivity contribution >= 4 is 34.7 Å². The van der Waals surface area contributed by atoms with Gasteiger partial charge in [-0.3, -0.25) is 0 Å². The van der Waals surface area contributed by atoms with Crippen LogP contribution in [0.15, 0.2) is 12.3 Å². The van der Waals surface area contributed by atoms with Crippen molar-refractivity contribution < 1.29 is 0 Å². The number of hydrogen-bond acceptors (Lipinski definition) is 2. The minimum Gasteiger partial charge on any atom is -0.365 e. The summed E-state index contributed by atoms with van der Waals surface area (Å²) in [5.41, 5.74) is 0.970. The maximum Gasteiger partial charge on any atom is 0.171 e. The molecule has 1 aromatic heterocycles. The van der Waals surface area contributed by atoms with Crippen molar-refractivity contribution in [3.05, 3.63) is 22.8 Å². The number of anilines is 1. The summed E-state index contributed by atoms with van der Waals surface area (Å²) in [6, 6.07) is 1.84. The van der Waals surface area contributed by atoms with E-state index in [2.05, 4.69) is 15.6 Å². The molecule has 0 aliphatic heterocycles. The van der Waals surface area contributed by atoms with Crippen LogP contribution in [0.1, 0.15) is 5.56 Å². The highest BCUT2D eigenvalue weighted by Crippen LogP contribution is 2.16. The zero-order chi connectivity index (χ0) is 9.84. The van der Waals surface area contributed by atoms with Gasteiger partial charge in [-0.2, -0.15) is 0 Å². The van der Waals surface area contributed by atoms with Crippen LogP contribution in [0.2, 0.25) is 5.02 Å². The highest BCUT2D eigenvalue weighted by atomic mass is 35.5. The van der Waals surface area contributed by atoms with E-state index in [0.29, 0.717) is 16.0 Å². The van der Waals surface area contributed by atoms with Crippen LogP contribution < -0.4 is 10.6 Å². The molecular weight excluding hydrogens is 206 g/mol. The van der Waals surface area contributed by atoms with Gasteiger partial charge in [0.05, 0.1) is 5.02 Å². The van der Waals surface area contributed by atoms with Gasteiger partial charge in [0, 0.05) is 13.2 Å². The molecule has 0 aliphatic rings. The molecule has 0 spiro atoms. The number of rotatable bonds is 1. The predicted molar refractivity (Wildman–Crippen MR) is 59.3 cm³/mol. The Bertz CT molecular complexity index is 327. The average molecular weight is 216 g/mol. The van der Waals surface area contributed by atoms with Crippen LogP contribution >= 0.6 is 23.8 Å². The van der Waals surface area contributed by atoms with E-state index in [1.807, 2.05) is 13.0 Å². The van der Waals surface area contributed by atoms with E-state index < -0.39 is 0 Å². The van der Waals surface area contributed by atoms with E-state index in [1.165, 1.54) is 0 Å². The van der Waals surface area contributed by atoms with E-state index in [-0.39, 0.29) is 0 Å². The lowest BCUT2D eigenvalue weighted by Gasteiger charge is -2.06. The molecule has 13 heavy (non-hydrogen) atoms. The SMILES string of the molecule is CNC(=S)Nc1cc(C)c(Cl)cn1. The summed E-state index contributed by atoms with van der Waals surface area (Å²) < 4.78 is 0. The third-order valence-corrected chi connectivity index (χ3v) is 2.22. The fourth-order valence-corrected chi connectivity index (χ4v) is 0.994. The molecule has 0 atom stereocenters. The molecule has 0 amide bonds. The lowest BCUT2D eigenvalue weighted by atomic mass is 10.3. The summed E-state index contributed by atoms with van der Waals surface area (Å²) in [5, 5.41) is 6.90. The number of nitrogens with zero attached hydrogens (tertiary/aromatic N) is 1. The van der Waals surface area contributed by atoms with Crippen LogP contribution in [0.4, 0.5) is 5.82 Å². The van der Waals surface area contributed by atoms with E-state index in [1.54, 1.807) is 13.2 Å². The number of halogens is 1. The Labute approximate surface area is 87.5 Å². The first kappa shape index (κ1) is 10.2. The largest absolute Gasteiger partial charge is 0.365 e. The van der Waals surface area contributed by atoms with E-state index in [4.69, 9.17) is 23.8 Å². The average Bonchev–Trinajstić information content (AvgIpc) is 2.11. The van der Waals surface area contributed by atoms with Gasteiger partial charge in [0.25, 0.3) is 0 Å². The van der Waals surface area contributed by atoms with Gasteiger partial charge in [0.15, 0.2) is 5.11 Å². The molecule has 1 aromatic rings. The maximum atomic E-state index is 5.81. The van der Waals surface area contributed by atoms with Crippen LogP contribution in [-0.2, 0) is 0 Å². The van der Waals surface area contributed by atoms with E-state index in [9.17, 15) is 0 Å². The lowest BCUT2D eigenvalue weighted by molar-refractivity contribution is 1.18. The molecule has 0 saturated carbocycles. The number of nitrogens with one attached hydrogen (secondary N) is 2. The Hall–Kier alpha value is -0.870. The van der Waals surface area contributed by atoms with Crippen molar-refractivity contribution in [3.8, 4) is 0 Å². The van der Waals surface area contributed by atoms with Crippen LogP contribution in [0.5, 0.6) is 0 Å². The zero-order valence-electron chi connectivity index (χ0n) is 7.39. The Morgan fingerprint density at radius 3 is 2.85 bits per heavy atom. The fraction of sp³-hybridized carbons (Fsp3) is 0.250. The summed E-state index contributed by atoms with van der Waals surface area (Å²) in [7, 11) is 1.75. The van der Waals surface area contributed by atoms with Gasteiger partial charge in [0.1, 0.15) is 5.82 Å².